The summed E-state index contributed by atoms with van der Waals surface area (Å²) in [5.74, 6) is 0.953. The number of methoxy groups -OCH3 is 1. The van der Waals surface area contributed by atoms with Gasteiger partial charge in [-0.25, -0.2) is 4.79 Å². The van der Waals surface area contributed by atoms with Gasteiger partial charge in [0, 0.05) is 39.3 Å². The average molecular weight is 465 g/mol. The molecule has 0 atom stereocenters. The largest absolute Gasteiger partial charge is 0.497 e. The van der Waals surface area contributed by atoms with E-state index in [1.165, 1.54) is 5.56 Å². The molecule has 182 valence electrons. The maximum atomic E-state index is 13.5. The van der Waals surface area contributed by atoms with E-state index < -0.39 is 5.54 Å². The molecule has 0 bridgehead atoms. The number of nitrogens with one attached hydrogen (secondary N) is 2. The molecule has 4 rings (SSSR count). The van der Waals surface area contributed by atoms with Crippen LogP contribution in [0.3, 0.4) is 0 Å². The Kier molecular flexibility index (Phi) is 8.06. The highest BCUT2D eigenvalue weighted by Crippen LogP contribution is 2.32. The smallest absolute Gasteiger partial charge is 0.315 e. The molecule has 0 unspecified atom stereocenters. The Hall–Kier alpha value is -3.06. The van der Waals surface area contributed by atoms with E-state index in [4.69, 9.17) is 4.74 Å². The van der Waals surface area contributed by atoms with Gasteiger partial charge in [-0.15, -0.1) is 0 Å². The molecular formula is C27H36N4O3. The van der Waals surface area contributed by atoms with Gasteiger partial charge >= 0.3 is 6.03 Å². The fourth-order valence-electron chi connectivity index (χ4n) is 4.97. The van der Waals surface area contributed by atoms with Crippen molar-refractivity contribution in [3.05, 3.63) is 65.7 Å². The maximum Gasteiger partial charge on any atom is 0.315 e. The van der Waals surface area contributed by atoms with E-state index in [1.807, 2.05) is 47.4 Å². The summed E-state index contributed by atoms with van der Waals surface area (Å²) >= 11 is 0. The van der Waals surface area contributed by atoms with E-state index >= 15 is 0 Å². The first kappa shape index (κ1) is 24.1. The lowest BCUT2D eigenvalue weighted by atomic mass is 9.95. The number of rotatable bonds is 8. The van der Waals surface area contributed by atoms with Crippen molar-refractivity contribution in [2.45, 2.75) is 44.2 Å². The Morgan fingerprint density at radius 1 is 0.912 bits per heavy atom. The third-order valence-electron chi connectivity index (χ3n) is 7.05. The number of ether oxygens (including phenoxy) is 1. The number of carbonyl (C=O) groups is 2. The van der Waals surface area contributed by atoms with Crippen LogP contribution in [0.4, 0.5) is 4.79 Å². The molecule has 2 fully saturated rings. The SMILES string of the molecule is COc1ccc(CCN2CCN(C(=O)C3(NC(=O)NCc4ccccc4)CCCC3)CC2)cc1. The number of hydrogen-bond donors (Lipinski definition) is 2. The molecule has 2 aromatic rings. The molecule has 7 nitrogen and oxygen atoms in total. The molecule has 7 heteroatoms. The molecule has 34 heavy (non-hydrogen) atoms. The van der Waals surface area contributed by atoms with E-state index in [0.717, 1.165) is 50.2 Å². The second-order valence-electron chi connectivity index (χ2n) is 9.31. The van der Waals surface area contributed by atoms with Crippen LogP contribution >= 0.6 is 0 Å². The van der Waals surface area contributed by atoms with Crippen molar-refractivity contribution in [1.82, 2.24) is 20.4 Å². The van der Waals surface area contributed by atoms with Gasteiger partial charge in [0.2, 0.25) is 5.91 Å². The lowest BCUT2D eigenvalue weighted by molar-refractivity contribution is -0.139. The van der Waals surface area contributed by atoms with Crippen LogP contribution in [0.25, 0.3) is 0 Å². The Bertz CT molecular complexity index is 934. The van der Waals surface area contributed by atoms with Crippen LogP contribution in [0.1, 0.15) is 36.8 Å². The third-order valence-corrected chi connectivity index (χ3v) is 7.05. The van der Waals surface area contributed by atoms with Crippen LogP contribution < -0.4 is 15.4 Å². The zero-order valence-electron chi connectivity index (χ0n) is 20.1. The highest BCUT2D eigenvalue weighted by atomic mass is 16.5. The monoisotopic (exact) mass is 464 g/mol. The second-order valence-corrected chi connectivity index (χ2v) is 9.31. The van der Waals surface area contributed by atoms with E-state index in [1.54, 1.807) is 7.11 Å². The summed E-state index contributed by atoms with van der Waals surface area (Å²) in [6.45, 7) is 4.55. The fourth-order valence-corrected chi connectivity index (χ4v) is 4.97. The number of amides is 3. The number of carbonyl (C=O) groups excluding carboxylic acids is 2. The Morgan fingerprint density at radius 2 is 1.59 bits per heavy atom. The fraction of sp³-hybridized carbons (Fsp3) is 0.481. The maximum absolute atomic E-state index is 13.5. The predicted octanol–water partition coefficient (Wildman–Crippen LogP) is 3.19. The quantitative estimate of drug-likeness (QED) is 0.629. The molecule has 2 aromatic carbocycles. The first-order valence-corrected chi connectivity index (χ1v) is 12.3. The number of urea groups is 1. The molecule has 1 aliphatic heterocycles. The molecule has 2 aliphatic rings. The van der Waals surface area contributed by atoms with Gasteiger partial charge in [0.1, 0.15) is 11.3 Å². The second kappa shape index (κ2) is 11.4. The van der Waals surface area contributed by atoms with E-state index in [2.05, 4.69) is 27.7 Å². The van der Waals surface area contributed by atoms with E-state index in [0.29, 0.717) is 32.5 Å². The summed E-state index contributed by atoms with van der Waals surface area (Å²) in [7, 11) is 1.68. The van der Waals surface area contributed by atoms with Crippen molar-refractivity contribution in [2.75, 3.05) is 39.8 Å². The molecule has 1 aliphatic carbocycles. The van der Waals surface area contributed by atoms with Gasteiger partial charge in [0.15, 0.2) is 0 Å². The lowest BCUT2D eigenvalue weighted by Gasteiger charge is -2.40. The van der Waals surface area contributed by atoms with Gasteiger partial charge in [-0.05, 0) is 42.5 Å². The van der Waals surface area contributed by atoms with Crippen molar-refractivity contribution in [1.29, 1.82) is 0 Å². The van der Waals surface area contributed by atoms with Gasteiger partial charge in [-0.3, -0.25) is 9.69 Å². The minimum Gasteiger partial charge on any atom is -0.497 e. The molecule has 1 saturated heterocycles. The van der Waals surface area contributed by atoms with Gasteiger partial charge in [0.05, 0.1) is 7.11 Å². The summed E-state index contributed by atoms with van der Waals surface area (Å²) in [4.78, 5) is 30.6. The topological polar surface area (TPSA) is 73.9 Å². The van der Waals surface area contributed by atoms with Crippen molar-refractivity contribution in [3.8, 4) is 5.75 Å². The standard InChI is InChI=1S/C27H36N4O3/c1-34-24-11-9-22(10-12-24)13-16-30-17-19-31(20-18-30)25(32)27(14-5-6-15-27)29-26(33)28-21-23-7-3-2-4-8-23/h2-4,7-12H,5-6,13-21H2,1H3,(H2,28,29,33). The van der Waals surface area contributed by atoms with E-state index in [9.17, 15) is 9.59 Å². The zero-order valence-corrected chi connectivity index (χ0v) is 20.1. The Morgan fingerprint density at radius 3 is 2.24 bits per heavy atom. The molecule has 1 heterocycles. The third kappa shape index (κ3) is 6.08. The summed E-state index contributed by atoms with van der Waals surface area (Å²) in [5.41, 5.74) is 1.55. The van der Waals surface area contributed by atoms with Gasteiger partial charge in [-0.2, -0.15) is 0 Å². The molecule has 3 amide bonds. The van der Waals surface area contributed by atoms with Crippen molar-refractivity contribution < 1.29 is 14.3 Å². The first-order chi connectivity index (χ1) is 16.6. The highest BCUT2D eigenvalue weighted by Gasteiger charge is 2.45. The number of benzene rings is 2. The van der Waals surface area contributed by atoms with Gasteiger partial charge < -0.3 is 20.3 Å². The molecule has 1 saturated carbocycles. The molecule has 0 aromatic heterocycles. The highest BCUT2D eigenvalue weighted by molar-refractivity contribution is 5.91. The summed E-state index contributed by atoms with van der Waals surface area (Å²) in [5, 5.41) is 5.98. The predicted molar refractivity (Wildman–Crippen MR) is 133 cm³/mol. The van der Waals surface area contributed by atoms with Crippen molar-refractivity contribution in [2.24, 2.45) is 0 Å². The molecule has 0 spiro atoms. The normalized spacial score (nSPS) is 17.9. The van der Waals surface area contributed by atoms with Crippen LogP contribution in [0.2, 0.25) is 0 Å². The summed E-state index contributed by atoms with van der Waals surface area (Å²) < 4.78 is 5.23. The summed E-state index contributed by atoms with van der Waals surface area (Å²) in [6, 6.07) is 17.8. The number of piperazine rings is 1. The molecular weight excluding hydrogens is 428 g/mol. The molecule has 0 radical (unpaired) electrons. The Labute approximate surface area is 202 Å². The minimum atomic E-state index is -0.772. The number of hydrogen-bond acceptors (Lipinski definition) is 4. The van der Waals surface area contributed by atoms with Crippen molar-refractivity contribution in [3.63, 3.8) is 0 Å². The van der Waals surface area contributed by atoms with Crippen molar-refractivity contribution >= 4 is 11.9 Å². The zero-order chi connectivity index (χ0) is 23.8. The van der Waals surface area contributed by atoms with Crippen LogP contribution in [0.15, 0.2) is 54.6 Å². The van der Waals surface area contributed by atoms with Crippen LogP contribution in [0.5, 0.6) is 5.75 Å². The van der Waals surface area contributed by atoms with Crippen LogP contribution in [-0.2, 0) is 17.8 Å². The number of nitrogens with zero attached hydrogens (tertiary/aromatic N) is 2. The Balaban J connectivity index is 1.26. The summed E-state index contributed by atoms with van der Waals surface area (Å²) in [6.07, 6.45) is 4.33. The first-order valence-electron chi connectivity index (χ1n) is 12.3. The van der Waals surface area contributed by atoms with Crippen LogP contribution in [0, 0.1) is 0 Å². The van der Waals surface area contributed by atoms with Gasteiger partial charge in [0.25, 0.3) is 0 Å². The van der Waals surface area contributed by atoms with E-state index in [-0.39, 0.29) is 11.9 Å². The van der Waals surface area contributed by atoms with Crippen LogP contribution in [-0.4, -0.2) is 67.1 Å². The minimum absolute atomic E-state index is 0.0784. The molecule has 2 N–H and O–H groups in total. The lowest BCUT2D eigenvalue weighted by Crippen LogP contribution is -2.62. The van der Waals surface area contributed by atoms with Gasteiger partial charge in [-0.1, -0.05) is 55.3 Å². The average Bonchev–Trinajstić information content (AvgIpc) is 3.36.